The third-order valence-corrected chi connectivity index (χ3v) is 6.11. The number of aryl methyl sites for hydroxylation is 2. The number of thioether (sulfide) groups is 1. The van der Waals surface area contributed by atoms with Crippen LogP contribution in [0.5, 0.6) is 0 Å². The number of hydrogen-bond donors (Lipinski definition) is 1. The Morgan fingerprint density at radius 3 is 2.69 bits per heavy atom. The van der Waals surface area contributed by atoms with Gasteiger partial charge in [-0.05, 0) is 72.6 Å². The van der Waals surface area contributed by atoms with Gasteiger partial charge >= 0.3 is 0 Å². The number of rotatable bonds is 3. The number of benzene rings is 2. The van der Waals surface area contributed by atoms with E-state index in [9.17, 15) is 4.79 Å². The average Bonchev–Trinajstić information content (AvgIpc) is 3.06. The number of ether oxygens (including phenoxy) is 1. The highest BCUT2D eigenvalue weighted by atomic mass is 35.5. The molecule has 2 aliphatic rings. The van der Waals surface area contributed by atoms with E-state index in [2.05, 4.69) is 40.3 Å². The molecule has 5 nitrogen and oxygen atoms in total. The summed E-state index contributed by atoms with van der Waals surface area (Å²) in [7, 11) is 0. The number of amides is 1. The smallest absolute Gasteiger partial charge is 0.264 e. The summed E-state index contributed by atoms with van der Waals surface area (Å²) in [4.78, 5) is 19.9. The molecule has 0 radical (unpaired) electrons. The summed E-state index contributed by atoms with van der Waals surface area (Å²) in [5.41, 5.74) is 5.11. The van der Waals surface area contributed by atoms with Crippen LogP contribution in [0.3, 0.4) is 0 Å². The molecular weight excluding hydrogens is 406 g/mol. The van der Waals surface area contributed by atoms with Gasteiger partial charge in [0, 0.05) is 23.8 Å². The second kappa shape index (κ2) is 8.61. The fourth-order valence-corrected chi connectivity index (χ4v) is 4.27. The Balaban J connectivity index is 1.54. The van der Waals surface area contributed by atoms with Crippen LogP contribution in [0.25, 0.3) is 6.08 Å². The maximum absolute atomic E-state index is 12.4. The van der Waals surface area contributed by atoms with Crippen LogP contribution in [-0.4, -0.2) is 37.4 Å². The highest BCUT2D eigenvalue weighted by Crippen LogP contribution is 2.31. The lowest BCUT2D eigenvalue weighted by Crippen LogP contribution is -2.36. The molecule has 1 amide bonds. The Kier molecular flexibility index (Phi) is 5.94. The molecule has 1 N–H and O–H groups in total. The lowest BCUT2D eigenvalue weighted by atomic mass is 10.1. The average molecular weight is 428 g/mol. The van der Waals surface area contributed by atoms with Gasteiger partial charge in [0.2, 0.25) is 0 Å². The Morgan fingerprint density at radius 1 is 1.14 bits per heavy atom. The van der Waals surface area contributed by atoms with Crippen LogP contribution in [0.2, 0.25) is 5.02 Å². The van der Waals surface area contributed by atoms with Gasteiger partial charge in [0.15, 0.2) is 5.17 Å². The Bertz CT molecular complexity index is 1010. The Labute approximate surface area is 179 Å². The van der Waals surface area contributed by atoms with Gasteiger partial charge in [-0.25, -0.2) is 4.99 Å². The SMILES string of the molecule is Cc1cc(N2CCOCC2)ccc1/C=C1\SC(=Nc2cc(Cl)ccc2C)NC1=O. The number of aliphatic imine (C=N–C) groups is 1. The Hall–Kier alpha value is -2.28. The maximum Gasteiger partial charge on any atom is 0.264 e. The van der Waals surface area contributed by atoms with Gasteiger partial charge < -0.3 is 15.0 Å². The van der Waals surface area contributed by atoms with Crippen LogP contribution in [0.1, 0.15) is 16.7 Å². The third kappa shape index (κ3) is 4.66. The molecule has 2 saturated heterocycles. The first-order valence-electron chi connectivity index (χ1n) is 9.49. The van der Waals surface area contributed by atoms with Crippen molar-refractivity contribution in [3.63, 3.8) is 0 Å². The molecule has 0 aliphatic carbocycles. The molecule has 0 unspecified atom stereocenters. The molecule has 29 heavy (non-hydrogen) atoms. The Morgan fingerprint density at radius 2 is 1.93 bits per heavy atom. The molecule has 2 heterocycles. The van der Waals surface area contributed by atoms with Crippen molar-refractivity contribution in [3.05, 3.63) is 63.0 Å². The monoisotopic (exact) mass is 427 g/mol. The minimum absolute atomic E-state index is 0.134. The van der Waals surface area contributed by atoms with Crippen LogP contribution in [0.4, 0.5) is 11.4 Å². The number of amidine groups is 1. The predicted octanol–water partition coefficient (Wildman–Crippen LogP) is 4.69. The first-order chi connectivity index (χ1) is 14.0. The van der Waals surface area contributed by atoms with E-state index in [-0.39, 0.29) is 5.91 Å². The van der Waals surface area contributed by atoms with Crippen molar-refractivity contribution in [2.24, 2.45) is 4.99 Å². The van der Waals surface area contributed by atoms with Crippen molar-refractivity contribution >= 4 is 51.9 Å². The molecule has 2 aromatic rings. The van der Waals surface area contributed by atoms with Crippen molar-refractivity contribution < 1.29 is 9.53 Å². The van der Waals surface area contributed by atoms with E-state index in [4.69, 9.17) is 16.3 Å². The van der Waals surface area contributed by atoms with Crippen molar-refractivity contribution in [1.29, 1.82) is 0 Å². The summed E-state index contributed by atoms with van der Waals surface area (Å²) in [6.45, 7) is 7.36. The van der Waals surface area contributed by atoms with Gasteiger partial charge in [-0.2, -0.15) is 0 Å². The molecule has 2 aromatic carbocycles. The highest BCUT2D eigenvalue weighted by Gasteiger charge is 2.24. The molecule has 0 aromatic heterocycles. The van der Waals surface area contributed by atoms with E-state index in [0.717, 1.165) is 48.7 Å². The van der Waals surface area contributed by atoms with E-state index >= 15 is 0 Å². The molecule has 0 bridgehead atoms. The summed E-state index contributed by atoms with van der Waals surface area (Å²) in [6, 6.07) is 11.9. The van der Waals surface area contributed by atoms with Gasteiger partial charge in [0.1, 0.15) is 0 Å². The van der Waals surface area contributed by atoms with Crippen molar-refractivity contribution in [2.45, 2.75) is 13.8 Å². The summed E-state index contributed by atoms with van der Waals surface area (Å²) in [5, 5.41) is 4.03. The summed E-state index contributed by atoms with van der Waals surface area (Å²) >= 11 is 7.41. The van der Waals surface area contributed by atoms with E-state index in [1.807, 2.05) is 25.1 Å². The van der Waals surface area contributed by atoms with Crippen LogP contribution < -0.4 is 10.2 Å². The van der Waals surface area contributed by atoms with Crippen LogP contribution >= 0.6 is 23.4 Å². The largest absolute Gasteiger partial charge is 0.378 e. The minimum atomic E-state index is -0.134. The lowest BCUT2D eigenvalue weighted by Gasteiger charge is -2.29. The van der Waals surface area contributed by atoms with E-state index in [1.165, 1.54) is 17.4 Å². The summed E-state index contributed by atoms with van der Waals surface area (Å²) in [6.07, 6.45) is 1.92. The van der Waals surface area contributed by atoms with Crippen LogP contribution in [0, 0.1) is 13.8 Å². The molecular formula is C22H22ClN3O2S. The summed E-state index contributed by atoms with van der Waals surface area (Å²) in [5.74, 6) is -0.134. The van der Waals surface area contributed by atoms with Crippen LogP contribution in [-0.2, 0) is 9.53 Å². The van der Waals surface area contributed by atoms with Crippen molar-refractivity contribution in [2.75, 3.05) is 31.2 Å². The zero-order valence-corrected chi connectivity index (χ0v) is 17.9. The topological polar surface area (TPSA) is 53.9 Å². The van der Waals surface area contributed by atoms with E-state index in [1.54, 1.807) is 6.07 Å². The zero-order chi connectivity index (χ0) is 20.4. The van der Waals surface area contributed by atoms with Gasteiger partial charge in [-0.1, -0.05) is 23.7 Å². The normalized spacial score (nSPS) is 19.8. The molecule has 4 rings (SSSR count). The van der Waals surface area contributed by atoms with Crippen molar-refractivity contribution in [3.8, 4) is 0 Å². The standard InChI is InChI=1S/C22H22ClN3O2S/c1-14-3-5-17(23)13-19(14)24-22-25-21(27)20(29-22)12-16-4-6-18(11-15(16)2)26-7-9-28-10-8-26/h3-6,11-13H,7-10H2,1-2H3,(H,24,25,27)/b20-12-. The highest BCUT2D eigenvalue weighted by molar-refractivity contribution is 8.18. The number of hydrogen-bond acceptors (Lipinski definition) is 5. The third-order valence-electron chi connectivity index (χ3n) is 4.96. The predicted molar refractivity (Wildman–Crippen MR) is 121 cm³/mol. The number of morpholine rings is 1. The number of carbonyl (C=O) groups excluding carboxylic acids is 1. The fraction of sp³-hybridized carbons (Fsp3) is 0.273. The second-order valence-electron chi connectivity index (χ2n) is 7.05. The van der Waals surface area contributed by atoms with Gasteiger partial charge in [0.05, 0.1) is 23.8 Å². The molecule has 150 valence electrons. The van der Waals surface area contributed by atoms with Gasteiger partial charge in [0.25, 0.3) is 5.91 Å². The minimum Gasteiger partial charge on any atom is -0.378 e. The van der Waals surface area contributed by atoms with Gasteiger partial charge in [-0.3, -0.25) is 4.79 Å². The summed E-state index contributed by atoms with van der Waals surface area (Å²) < 4.78 is 5.43. The molecule has 7 heteroatoms. The molecule has 2 fully saturated rings. The molecule has 0 saturated carbocycles. The number of carbonyl (C=O) groups is 1. The quantitative estimate of drug-likeness (QED) is 0.722. The molecule has 2 aliphatic heterocycles. The fourth-order valence-electron chi connectivity index (χ4n) is 3.27. The van der Waals surface area contributed by atoms with Crippen LogP contribution in [0.15, 0.2) is 46.3 Å². The number of nitrogens with one attached hydrogen (secondary N) is 1. The zero-order valence-electron chi connectivity index (χ0n) is 16.4. The lowest BCUT2D eigenvalue weighted by molar-refractivity contribution is -0.115. The molecule has 0 atom stereocenters. The second-order valence-corrected chi connectivity index (χ2v) is 8.52. The maximum atomic E-state index is 12.4. The van der Waals surface area contributed by atoms with Crippen molar-refractivity contribution in [1.82, 2.24) is 5.32 Å². The molecule has 0 spiro atoms. The van der Waals surface area contributed by atoms with E-state index in [0.29, 0.717) is 15.1 Å². The number of anilines is 1. The first kappa shape index (κ1) is 20.0. The van der Waals surface area contributed by atoms with E-state index < -0.39 is 0 Å². The number of nitrogens with zero attached hydrogens (tertiary/aromatic N) is 2. The first-order valence-corrected chi connectivity index (χ1v) is 10.7. The van der Waals surface area contributed by atoms with Gasteiger partial charge in [-0.15, -0.1) is 0 Å². The number of halogens is 1.